The Kier molecular flexibility index (Phi) is 4.87. The highest BCUT2D eigenvalue weighted by molar-refractivity contribution is 5.96. The van der Waals surface area contributed by atoms with Gasteiger partial charge in [-0.15, -0.1) is 0 Å². The molecule has 0 fully saturated rings. The van der Waals surface area contributed by atoms with Crippen molar-refractivity contribution in [3.8, 4) is 5.75 Å². The van der Waals surface area contributed by atoms with Crippen molar-refractivity contribution in [2.75, 3.05) is 11.9 Å². The Labute approximate surface area is 195 Å². The largest absolute Gasteiger partial charge is 0.493 e. The molecule has 5 aromatic rings. The van der Waals surface area contributed by atoms with E-state index in [1.54, 1.807) is 0 Å². The van der Waals surface area contributed by atoms with Crippen LogP contribution in [0.1, 0.15) is 29.0 Å². The Balaban J connectivity index is 1.43. The van der Waals surface area contributed by atoms with E-state index in [1.807, 2.05) is 71.1 Å². The Morgan fingerprint density at radius 3 is 2.59 bits per heavy atom. The van der Waals surface area contributed by atoms with Crippen molar-refractivity contribution < 1.29 is 9.53 Å². The van der Waals surface area contributed by atoms with E-state index in [2.05, 4.69) is 27.4 Å². The molecule has 168 valence electrons. The molecule has 2 N–H and O–H groups in total. The third-order valence-corrected chi connectivity index (χ3v) is 6.29. The van der Waals surface area contributed by atoms with E-state index >= 15 is 0 Å². The number of aromatic nitrogens is 3. The summed E-state index contributed by atoms with van der Waals surface area (Å²) in [7, 11) is 0. The summed E-state index contributed by atoms with van der Waals surface area (Å²) in [5.41, 5.74) is 3.82. The van der Waals surface area contributed by atoms with E-state index in [0.717, 1.165) is 23.0 Å². The van der Waals surface area contributed by atoms with Crippen LogP contribution in [0.5, 0.6) is 5.75 Å². The Bertz CT molecular complexity index is 1590. The SMILES string of the molecule is O=C1CC(c2ccccc2OCCc2ccccc2)c2c(n3c(nc4ccccc43)[nH]c2=O)N1. The van der Waals surface area contributed by atoms with Gasteiger partial charge < -0.3 is 10.1 Å². The molecule has 1 aliphatic rings. The molecule has 0 saturated heterocycles. The fraction of sp³-hybridized carbons (Fsp3) is 0.148. The van der Waals surface area contributed by atoms with Gasteiger partial charge in [-0.2, -0.15) is 0 Å². The number of amides is 1. The molecule has 3 aromatic carbocycles. The second kappa shape index (κ2) is 8.19. The Morgan fingerprint density at radius 2 is 1.71 bits per heavy atom. The van der Waals surface area contributed by atoms with Crippen LogP contribution < -0.4 is 15.6 Å². The van der Waals surface area contributed by atoms with E-state index < -0.39 is 5.92 Å². The van der Waals surface area contributed by atoms with Crippen LogP contribution in [0.2, 0.25) is 0 Å². The number of aromatic amines is 1. The molecule has 1 atom stereocenters. The molecule has 0 radical (unpaired) electrons. The number of fused-ring (bicyclic) bond motifs is 5. The number of H-pyrrole nitrogens is 1. The quantitative estimate of drug-likeness (QED) is 0.419. The maximum absolute atomic E-state index is 13.3. The van der Waals surface area contributed by atoms with Crippen LogP contribution in [0.3, 0.4) is 0 Å². The Morgan fingerprint density at radius 1 is 0.941 bits per heavy atom. The summed E-state index contributed by atoms with van der Waals surface area (Å²) < 4.78 is 7.98. The first kappa shape index (κ1) is 20.2. The van der Waals surface area contributed by atoms with Gasteiger partial charge >= 0.3 is 0 Å². The minimum Gasteiger partial charge on any atom is -0.493 e. The summed E-state index contributed by atoms with van der Waals surface area (Å²) in [6.45, 7) is 0.494. The number of nitrogens with zero attached hydrogens (tertiary/aromatic N) is 2. The van der Waals surface area contributed by atoms with Crippen LogP contribution in [-0.4, -0.2) is 26.9 Å². The summed E-state index contributed by atoms with van der Waals surface area (Å²) in [6, 6.07) is 25.4. The van der Waals surface area contributed by atoms with Crippen molar-refractivity contribution in [2.45, 2.75) is 18.8 Å². The van der Waals surface area contributed by atoms with Gasteiger partial charge in [-0.3, -0.25) is 19.0 Å². The number of carbonyl (C=O) groups excluding carboxylic acids is 1. The molecule has 1 amide bonds. The van der Waals surface area contributed by atoms with Crippen molar-refractivity contribution in [3.63, 3.8) is 0 Å². The van der Waals surface area contributed by atoms with Crippen molar-refractivity contribution in [2.24, 2.45) is 0 Å². The average molecular weight is 450 g/mol. The number of nitrogens with one attached hydrogen (secondary N) is 2. The maximum Gasteiger partial charge on any atom is 0.258 e. The molecule has 1 aliphatic heterocycles. The van der Waals surface area contributed by atoms with Gasteiger partial charge in [-0.1, -0.05) is 60.7 Å². The van der Waals surface area contributed by atoms with E-state index in [-0.39, 0.29) is 17.9 Å². The first-order valence-electron chi connectivity index (χ1n) is 11.3. The standard InChI is InChI=1S/C27H22N4O3/c32-23-16-19(18-10-4-7-13-22(18)34-15-14-17-8-2-1-3-9-17)24-25(29-23)31-21-12-6-5-11-20(21)28-27(31)30-26(24)33/h1-13,19H,14-16H2,(H,29,32)(H,28,30,33). The van der Waals surface area contributed by atoms with Gasteiger partial charge in [0.1, 0.15) is 11.6 Å². The van der Waals surface area contributed by atoms with Gasteiger partial charge in [0.2, 0.25) is 11.7 Å². The lowest BCUT2D eigenvalue weighted by Crippen LogP contribution is -2.32. The zero-order chi connectivity index (χ0) is 23.1. The van der Waals surface area contributed by atoms with Gasteiger partial charge in [-0.25, -0.2) is 4.98 Å². The first-order valence-corrected chi connectivity index (χ1v) is 11.3. The predicted octanol–water partition coefficient (Wildman–Crippen LogP) is 4.27. The highest BCUT2D eigenvalue weighted by Gasteiger charge is 2.33. The van der Waals surface area contributed by atoms with Crippen LogP contribution in [-0.2, 0) is 11.2 Å². The lowest BCUT2D eigenvalue weighted by molar-refractivity contribution is -0.116. The fourth-order valence-electron chi connectivity index (χ4n) is 4.74. The number of anilines is 1. The zero-order valence-electron chi connectivity index (χ0n) is 18.3. The molecule has 34 heavy (non-hydrogen) atoms. The minimum absolute atomic E-state index is 0.152. The van der Waals surface area contributed by atoms with Crippen LogP contribution >= 0.6 is 0 Å². The van der Waals surface area contributed by atoms with E-state index in [0.29, 0.717) is 29.5 Å². The highest BCUT2D eigenvalue weighted by atomic mass is 16.5. The van der Waals surface area contributed by atoms with Crippen LogP contribution in [0.15, 0.2) is 83.7 Å². The molecule has 0 saturated carbocycles. The molecule has 7 nitrogen and oxygen atoms in total. The van der Waals surface area contributed by atoms with Gasteiger partial charge in [0.15, 0.2) is 0 Å². The highest BCUT2D eigenvalue weighted by Crippen LogP contribution is 2.39. The number of hydrogen-bond acceptors (Lipinski definition) is 4. The van der Waals surface area contributed by atoms with Crippen molar-refractivity contribution >= 4 is 28.5 Å². The van der Waals surface area contributed by atoms with Crippen molar-refractivity contribution in [3.05, 3.63) is 106 Å². The van der Waals surface area contributed by atoms with Crippen LogP contribution in [0.25, 0.3) is 16.8 Å². The smallest absolute Gasteiger partial charge is 0.258 e. The first-order chi connectivity index (χ1) is 16.7. The average Bonchev–Trinajstić information content (AvgIpc) is 3.23. The second-order valence-corrected chi connectivity index (χ2v) is 8.40. The molecule has 0 bridgehead atoms. The lowest BCUT2D eigenvalue weighted by atomic mass is 9.86. The summed E-state index contributed by atoms with van der Waals surface area (Å²) in [6.07, 6.45) is 0.923. The third kappa shape index (κ3) is 3.42. The van der Waals surface area contributed by atoms with Crippen LogP contribution in [0, 0.1) is 0 Å². The molecule has 6 rings (SSSR count). The molecular weight excluding hydrogens is 428 g/mol. The predicted molar refractivity (Wildman–Crippen MR) is 130 cm³/mol. The summed E-state index contributed by atoms with van der Waals surface area (Å²) in [4.78, 5) is 33.5. The number of para-hydroxylation sites is 3. The number of ether oxygens (including phenoxy) is 1. The van der Waals surface area contributed by atoms with E-state index in [9.17, 15) is 9.59 Å². The molecule has 2 aromatic heterocycles. The Hall–Kier alpha value is -4.39. The maximum atomic E-state index is 13.3. The third-order valence-electron chi connectivity index (χ3n) is 6.29. The number of hydrogen-bond donors (Lipinski definition) is 2. The summed E-state index contributed by atoms with van der Waals surface area (Å²) in [5, 5.41) is 2.93. The fourth-order valence-corrected chi connectivity index (χ4v) is 4.74. The van der Waals surface area contributed by atoms with Crippen LogP contribution in [0.4, 0.5) is 5.82 Å². The number of carbonyl (C=O) groups is 1. The summed E-state index contributed by atoms with van der Waals surface area (Å²) >= 11 is 0. The van der Waals surface area contributed by atoms with Gasteiger partial charge in [0.05, 0.1) is 23.2 Å². The number of imidazole rings is 1. The number of benzene rings is 3. The zero-order valence-corrected chi connectivity index (χ0v) is 18.3. The summed E-state index contributed by atoms with van der Waals surface area (Å²) in [5.74, 6) is 0.956. The topological polar surface area (TPSA) is 88.5 Å². The van der Waals surface area contributed by atoms with E-state index in [4.69, 9.17) is 4.74 Å². The second-order valence-electron chi connectivity index (χ2n) is 8.40. The number of rotatable bonds is 5. The van der Waals surface area contributed by atoms with E-state index in [1.165, 1.54) is 5.56 Å². The van der Waals surface area contributed by atoms with Gasteiger partial charge in [-0.05, 0) is 23.8 Å². The molecule has 3 heterocycles. The molecule has 7 heteroatoms. The van der Waals surface area contributed by atoms with Crippen molar-refractivity contribution in [1.82, 2.24) is 14.4 Å². The molecule has 1 unspecified atom stereocenters. The normalized spacial score (nSPS) is 15.3. The monoisotopic (exact) mass is 450 g/mol. The molecule has 0 spiro atoms. The lowest BCUT2D eigenvalue weighted by Gasteiger charge is -2.27. The van der Waals surface area contributed by atoms with Crippen molar-refractivity contribution in [1.29, 1.82) is 0 Å². The van der Waals surface area contributed by atoms with Gasteiger partial charge in [0.25, 0.3) is 5.56 Å². The van der Waals surface area contributed by atoms with Gasteiger partial charge in [0, 0.05) is 24.3 Å². The molecular formula is C27H22N4O3. The molecule has 0 aliphatic carbocycles. The minimum atomic E-state index is -0.439.